The average molecular weight is 433 g/mol. The molecule has 0 radical (unpaired) electrons. The number of carbonyl (C=O) groups is 2. The molecule has 1 amide bonds. The van der Waals surface area contributed by atoms with Crippen LogP contribution >= 0.6 is 0 Å². The van der Waals surface area contributed by atoms with Gasteiger partial charge < -0.3 is 10.4 Å². The predicted molar refractivity (Wildman–Crippen MR) is 121 cm³/mol. The number of carbonyl (C=O) groups excluding carboxylic acids is 1. The van der Waals surface area contributed by atoms with Crippen LogP contribution in [0.3, 0.4) is 0 Å². The van der Waals surface area contributed by atoms with E-state index in [-0.39, 0.29) is 17.5 Å². The average Bonchev–Trinajstić information content (AvgIpc) is 3.24. The molecule has 1 aliphatic rings. The Kier molecular flexibility index (Phi) is 6.63. The molecule has 0 aliphatic heterocycles. The van der Waals surface area contributed by atoms with E-state index in [9.17, 15) is 9.59 Å². The first kappa shape index (κ1) is 21.7. The second-order valence-corrected chi connectivity index (χ2v) is 8.46. The normalized spacial score (nSPS) is 15.3. The lowest BCUT2D eigenvalue weighted by molar-refractivity contribution is 0.0696. The Hall–Kier alpha value is -3.48. The van der Waals surface area contributed by atoms with Crippen molar-refractivity contribution < 1.29 is 14.7 Å². The lowest BCUT2D eigenvalue weighted by Gasteiger charge is -2.22. The molecule has 0 spiro atoms. The van der Waals surface area contributed by atoms with E-state index in [1.807, 2.05) is 37.3 Å². The summed E-state index contributed by atoms with van der Waals surface area (Å²) in [5.41, 5.74) is 2.94. The molecule has 0 saturated heterocycles. The molecule has 7 heteroatoms. The third-order valence-electron chi connectivity index (χ3n) is 6.16. The van der Waals surface area contributed by atoms with E-state index in [4.69, 9.17) is 5.11 Å². The Labute approximate surface area is 187 Å². The maximum Gasteiger partial charge on any atom is 0.335 e. The van der Waals surface area contributed by atoms with Crippen LogP contribution in [0.15, 0.2) is 54.6 Å². The summed E-state index contributed by atoms with van der Waals surface area (Å²) in [4.78, 5) is 24.5. The number of hydrogen-bond acceptors (Lipinski definition) is 4. The van der Waals surface area contributed by atoms with Crippen molar-refractivity contribution in [3.8, 4) is 11.3 Å². The summed E-state index contributed by atoms with van der Waals surface area (Å²) in [5, 5.41) is 20.9. The van der Waals surface area contributed by atoms with Crippen molar-refractivity contribution in [2.75, 3.05) is 0 Å². The lowest BCUT2D eigenvalue weighted by atomic mass is 9.89. The fourth-order valence-electron chi connectivity index (χ4n) is 4.33. The number of rotatable bonds is 7. The number of aromatic nitrogens is 3. The van der Waals surface area contributed by atoms with Crippen LogP contribution in [-0.2, 0) is 6.54 Å². The van der Waals surface area contributed by atoms with Gasteiger partial charge in [-0.15, -0.1) is 5.10 Å². The molecule has 1 saturated carbocycles. The molecule has 1 heterocycles. The summed E-state index contributed by atoms with van der Waals surface area (Å²) < 4.78 is 1.76. The highest BCUT2D eigenvalue weighted by atomic mass is 16.4. The smallest absolute Gasteiger partial charge is 0.335 e. The molecule has 166 valence electrons. The summed E-state index contributed by atoms with van der Waals surface area (Å²) in [5.74, 6) is -0.709. The molecular weight excluding hydrogens is 404 g/mol. The van der Waals surface area contributed by atoms with Crippen molar-refractivity contribution in [3.05, 3.63) is 71.4 Å². The van der Waals surface area contributed by atoms with Crippen LogP contribution in [-0.4, -0.2) is 32.0 Å². The third-order valence-corrected chi connectivity index (χ3v) is 6.16. The van der Waals surface area contributed by atoms with Crippen molar-refractivity contribution in [3.63, 3.8) is 0 Å². The summed E-state index contributed by atoms with van der Waals surface area (Å²) in [7, 11) is 0. The molecule has 0 bridgehead atoms. The number of carboxylic acid groups (broad SMARTS) is 1. The number of benzene rings is 2. The summed E-state index contributed by atoms with van der Waals surface area (Å²) >= 11 is 0. The minimum absolute atomic E-state index is 0.216. The van der Waals surface area contributed by atoms with Gasteiger partial charge in [0.05, 0.1) is 11.6 Å². The van der Waals surface area contributed by atoms with E-state index < -0.39 is 5.97 Å². The number of carboxylic acids is 1. The zero-order valence-corrected chi connectivity index (χ0v) is 18.2. The Morgan fingerprint density at radius 2 is 1.75 bits per heavy atom. The molecule has 3 aromatic rings. The van der Waals surface area contributed by atoms with E-state index in [2.05, 4.69) is 15.6 Å². The minimum Gasteiger partial charge on any atom is -0.478 e. The highest BCUT2D eigenvalue weighted by Crippen LogP contribution is 2.28. The van der Waals surface area contributed by atoms with Gasteiger partial charge in [-0.25, -0.2) is 9.48 Å². The zero-order valence-electron chi connectivity index (χ0n) is 18.2. The number of nitrogens with one attached hydrogen (secondary N) is 1. The van der Waals surface area contributed by atoms with Crippen molar-refractivity contribution in [1.82, 2.24) is 20.3 Å². The molecular formula is C25H28N4O3. The molecule has 32 heavy (non-hydrogen) atoms. The van der Waals surface area contributed by atoms with Gasteiger partial charge in [0.25, 0.3) is 5.91 Å². The summed E-state index contributed by atoms with van der Waals surface area (Å²) in [6, 6.07) is 15.9. The Bertz CT molecular complexity index is 1070. The SMILES string of the molecule is C[C@H](NC(=O)c1c(-c2ccccc2)nnn1CC1CCCCC1)c1ccc(C(=O)O)cc1. The topological polar surface area (TPSA) is 97.1 Å². The van der Waals surface area contributed by atoms with E-state index in [0.717, 1.165) is 24.0 Å². The predicted octanol–water partition coefficient (Wildman–Crippen LogP) is 4.71. The van der Waals surface area contributed by atoms with Crippen molar-refractivity contribution in [2.45, 2.75) is 51.6 Å². The van der Waals surface area contributed by atoms with Crippen LogP contribution in [0.5, 0.6) is 0 Å². The molecule has 1 aliphatic carbocycles. The van der Waals surface area contributed by atoms with Gasteiger partial charge in [-0.3, -0.25) is 4.79 Å². The second-order valence-electron chi connectivity index (χ2n) is 8.46. The van der Waals surface area contributed by atoms with Gasteiger partial charge in [0.2, 0.25) is 0 Å². The molecule has 4 rings (SSSR count). The molecule has 2 aromatic carbocycles. The monoisotopic (exact) mass is 432 g/mol. The van der Waals surface area contributed by atoms with Gasteiger partial charge >= 0.3 is 5.97 Å². The summed E-state index contributed by atoms with van der Waals surface area (Å²) in [6.07, 6.45) is 6.00. The Morgan fingerprint density at radius 3 is 2.41 bits per heavy atom. The zero-order chi connectivity index (χ0) is 22.5. The first-order chi connectivity index (χ1) is 15.5. The van der Waals surface area contributed by atoms with Crippen molar-refractivity contribution >= 4 is 11.9 Å². The fourth-order valence-corrected chi connectivity index (χ4v) is 4.33. The van der Waals surface area contributed by atoms with Crippen LogP contribution in [0.1, 0.15) is 71.5 Å². The Balaban J connectivity index is 1.59. The third kappa shape index (κ3) is 4.88. The van der Waals surface area contributed by atoms with Gasteiger partial charge in [0.1, 0.15) is 5.69 Å². The highest BCUT2D eigenvalue weighted by Gasteiger charge is 2.25. The molecule has 2 N–H and O–H groups in total. The van der Waals surface area contributed by atoms with E-state index in [1.54, 1.807) is 28.9 Å². The maximum atomic E-state index is 13.4. The molecule has 0 unspecified atom stereocenters. The van der Waals surface area contributed by atoms with Gasteiger partial charge in [-0.05, 0) is 43.4 Å². The number of amides is 1. The second kappa shape index (κ2) is 9.77. The van der Waals surface area contributed by atoms with Gasteiger partial charge in [0.15, 0.2) is 5.69 Å². The van der Waals surface area contributed by atoms with E-state index in [0.29, 0.717) is 23.9 Å². The first-order valence-corrected chi connectivity index (χ1v) is 11.2. The quantitative estimate of drug-likeness (QED) is 0.563. The fraction of sp³-hybridized carbons (Fsp3) is 0.360. The highest BCUT2D eigenvalue weighted by molar-refractivity contribution is 5.98. The molecule has 7 nitrogen and oxygen atoms in total. The van der Waals surface area contributed by atoms with E-state index in [1.165, 1.54) is 19.3 Å². The first-order valence-electron chi connectivity index (χ1n) is 11.2. The molecule has 1 aromatic heterocycles. The Morgan fingerprint density at radius 1 is 1.06 bits per heavy atom. The summed E-state index contributed by atoms with van der Waals surface area (Å²) in [6.45, 7) is 2.56. The van der Waals surface area contributed by atoms with Crippen molar-refractivity contribution in [2.24, 2.45) is 5.92 Å². The largest absolute Gasteiger partial charge is 0.478 e. The standard InChI is InChI=1S/C25H28N4O3/c1-17(19-12-14-21(15-13-19)25(31)32)26-24(30)23-22(20-10-6-3-7-11-20)27-28-29(23)16-18-8-4-2-5-9-18/h3,6-7,10-15,17-18H,2,4-5,8-9,16H2,1H3,(H,26,30)(H,31,32)/t17-/m0/s1. The van der Waals surface area contributed by atoms with Crippen LogP contribution in [0.2, 0.25) is 0 Å². The van der Waals surface area contributed by atoms with Crippen molar-refractivity contribution in [1.29, 1.82) is 0 Å². The number of aromatic carboxylic acids is 1. The molecule has 1 fully saturated rings. The van der Waals surface area contributed by atoms with Crippen LogP contribution < -0.4 is 5.32 Å². The molecule has 1 atom stereocenters. The van der Waals surface area contributed by atoms with Crippen LogP contribution in [0.25, 0.3) is 11.3 Å². The van der Waals surface area contributed by atoms with Crippen LogP contribution in [0, 0.1) is 5.92 Å². The minimum atomic E-state index is -0.974. The van der Waals surface area contributed by atoms with Gasteiger partial charge in [-0.2, -0.15) is 0 Å². The van der Waals surface area contributed by atoms with Gasteiger partial charge in [0, 0.05) is 12.1 Å². The number of nitrogens with zero attached hydrogens (tertiary/aromatic N) is 3. The van der Waals surface area contributed by atoms with Gasteiger partial charge in [-0.1, -0.05) is 66.9 Å². The lowest BCUT2D eigenvalue weighted by Crippen LogP contribution is -2.30. The van der Waals surface area contributed by atoms with Crippen LogP contribution in [0.4, 0.5) is 0 Å². The van der Waals surface area contributed by atoms with E-state index >= 15 is 0 Å². The number of hydrogen-bond donors (Lipinski definition) is 2. The maximum absolute atomic E-state index is 13.4.